The number of para-hydroxylation sites is 1. The Kier molecular flexibility index (Phi) is 6.10. The molecule has 1 aromatic carbocycles. The SMILES string of the molecule is NC(=O)NCC(=O)NC1CCN(c2c(Cl)cccc2C=C2SC(=O)NC2=O)C1. The number of halogens is 1. The van der Waals surface area contributed by atoms with Gasteiger partial charge in [0.1, 0.15) is 0 Å². The molecule has 0 saturated carbocycles. The topological polar surface area (TPSA) is 134 Å². The lowest BCUT2D eigenvalue weighted by atomic mass is 10.1. The molecule has 148 valence electrons. The largest absolute Gasteiger partial charge is 0.368 e. The molecule has 2 fully saturated rings. The fourth-order valence-electron chi connectivity index (χ4n) is 3.07. The molecule has 0 spiro atoms. The molecule has 2 saturated heterocycles. The summed E-state index contributed by atoms with van der Waals surface area (Å²) in [4.78, 5) is 48.1. The van der Waals surface area contributed by atoms with Gasteiger partial charge in [0, 0.05) is 24.7 Å². The number of nitrogens with zero attached hydrogens (tertiary/aromatic N) is 1. The predicted octanol–water partition coefficient (Wildman–Crippen LogP) is 1.03. The number of nitrogens with one attached hydrogen (secondary N) is 3. The molecule has 2 heterocycles. The summed E-state index contributed by atoms with van der Waals surface area (Å²) in [5.74, 6) is -0.765. The van der Waals surface area contributed by atoms with E-state index in [0.717, 1.165) is 17.4 Å². The van der Waals surface area contributed by atoms with Crippen molar-refractivity contribution in [2.45, 2.75) is 12.5 Å². The number of urea groups is 1. The maximum Gasteiger partial charge on any atom is 0.312 e. The molecule has 0 radical (unpaired) electrons. The second-order valence-electron chi connectivity index (χ2n) is 6.25. The van der Waals surface area contributed by atoms with E-state index in [1.807, 2.05) is 11.0 Å². The van der Waals surface area contributed by atoms with E-state index < -0.39 is 17.2 Å². The number of rotatable bonds is 5. The fourth-order valence-corrected chi connectivity index (χ4v) is 4.05. The highest BCUT2D eigenvalue weighted by atomic mass is 35.5. The summed E-state index contributed by atoms with van der Waals surface area (Å²) in [5.41, 5.74) is 6.40. The van der Waals surface area contributed by atoms with Crippen LogP contribution in [-0.2, 0) is 9.59 Å². The Morgan fingerprint density at radius 3 is 2.86 bits per heavy atom. The number of amides is 5. The van der Waals surface area contributed by atoms with Gasteiger partial charge in [-0.25, -0.2) is 4.79 Å². The fraction of sp³-hybridized carbons (Fsp3) is 0.294. The smallest absolute Gasteiger partial charge is 0.312 e. The zero-order valence-corrected chi connectivity index (χ0v) is 16.2. The van der Waals surface area contributed by atoms with E-state index >= 15 is 0 Å². The quantitative estimate of drug-likeness (QED) is 0.522. The molecule has 1 unspecified atom stereocenters. The summed E-state index contributed by atoms with van der Waals surface area (Å²) < 4.78 is 0. The minimum absolute atomic E-state index is 0.121. The molecule has 3 rings (SSSR count). The van der Waals surface area contributed by atoms with Crippen LogP contribution in [0.15, 0.2) is 23.1 Å². The molecule has 9 nitrogen and oxygen atoms in total. The number of anilines is 1. The average molecular weight is 424 g/mol. The Balaban J connectivity index is 1.73. The minimum Gasteiger partial charge on any atom is -0.368 e. The first-order valence-corrected chi connectivity index (χ1v) is 9.64. The number of nitrogens with two attached hydrogens (primary N) is 1. The molecular weight excluding hydrogens is 406 g/mol. The van der Waals surface area contributed by atoms with Crippen LogP contribution in [-0.4, -0.2) is 48.8 Å². The third-order valence-electron chi connectivity index (χ3n) is 4.24. The highest BCUT2D eigenvalue weighted by molar-refractivity contribution is 8.18. The van der Waals surface area contributed by atoms with Crippen LogP contribution in [0.5, 0.6) is 0 Å². The van der Waals surface area contributed by atoms with Gasteiger partial charge in [0.05, 0.1) is 22.2 Å². The molecule has 11 heteroatoms. The lowest BCUT2D eigenvalue weighted by Gasteiger charge is -2.23. The Hall–Kier alpha value is -2.72. The van der Waals surface area contributed by atoms with Gasteiger partial charge in [-0.1, -0.05) is 23.7 Å². The molecule has 5 N–H and O–H groups in total. The van der Waals surface area contributed by atoms with Crippen LogP contribution in [0, 0.1) is 0 Å². The molecule has 28 heavy (non-hydrogen) atoms. The van der Waals surface area contributed by atoms with Crippen LogP contribution in [0.2, 0.25) is 5.02 Å². The average Bonchev–Trinajstić information content (AvgIpc) is 3.19. The second-order valence-corrected chi connectivity index (χ2v) is 7.67. The van der Waals surface area contributed by atoms with Crippen molar-refractivity contribution in [1.82, 2.24) is 16.0 Å². The number of carbonyl (C=O) groups is 4. The highest BCUT2D eigenvalue weighted by Crippen LogP contribution is 2.35. The standard InChI is InChI=1S/C17H18ClN5O4S/c18-11-3-1-2-9(6-12-15(25)22-17(27)28-12)14(11)23-5-4-10(8-23)21-13(24)7-20-16(19)26/h1-3,6,10H,4-5,7-8H2,(H,21,24)(H3,19,20,26)(H,22,25,27). The van der Waals surface area contributed by atoms with Gasteiger partial charge in [-0.05, 0) is 30.3 Å². The summed E-state index contributed by atoms with van der Waals surface area (Å²) in [5, 5.41) is 7.40. The van der Waals surface area contributed by atoms with E-state index in [1.165, 1.54) is 0 Å². The molecule has 2 aliphatic heterocycles. The Morgan fingerprint density at radius 2 is 2.18 bits per heavy atom. The van der Waals surface area contributed by atoms with Crippen LogP contribution >= 0.6 is 23.4 Å². The number of primary amides is 1. The van der Waals surface area contributed by atoms with Crippen molar-refractivity contribution in [3.63, 3.8) is 0 Å². The second kappa shape index (κ2) is 8.53. The summed E-state index contributed by atoms with van der Waals surface area (Å²) >= 11 is 7.24. The highest BCUT2D eigenvalue weighted by Gasteiger charge is 2.29. The molecule has 0 aromatic heterocycles. The summed E-state index contributed by atoms with van der Waals surface area (Å²) in [6.45, 7) is 0.975. The van der Waals surface area contributed by atoms with Gasteiger partial charge in [-0.2, -0.15) is 0 Å². The van der Waals surface area contributed by atoms with E-state index in [4.69, 9.17) is 17.3 Å². The van der Waals surface area contributed by atoms with Crippen LogP contribution < -0.4 is 26.6 Å². The molecule has 1 atom stereocenters. The molecular formula is C17H18ClN5O4S. The van der Waals surface area contributed by atoms with Crippen molar-refractivity contribution in [3.8, 4) is 0 Å². The van der Waals surface area contributed by atoms with Crippen LogP contribution in [0.4, 0.5) is 15.3 Å². The third-order valence-corrected chi connectivity index (χ3v) is 5.36. The maximum atomic E-state index is 11.9. The zero-order chi connectivity index (χ0) is 20.3. The van der Waals surface area contributed by atoms with Gasteiger partial charge >= 0.3 is 6.03 Å². The molecule has 5 amide bonds. The number of hydrogen-bond donors (Lipinski definition) is 4. The summed E-state index contributed by atoms with van der Waals surface area (Å²) in [6.07, 6.45) is 2.33. The molecule has 2 aliphatic rings. The first-order chi connectivity index (χ1) is 13.3. The van der Waals surface area contributed by atoms with E-state index in [9.17, 15) is 19.2 Å². The predicted molar refractivity (Wildman–Crippen MR) is 107 cm³/mol. The Bertz CT molecular complexity index is 875. The van der Waals surface area contributed by atoms with Crippen molar-refractivity contribution >= 4 is 58.2 Å². The van der Waals surface area contributed by atoms with Crippen LogP contribution in [0.3, 0.4) is 0 Å². The summed E-state index contributed by atoms with van der Waals surface area (Å²) in [6, 6.07) is 4.44. The van der Waals surface area contributed by atoms with Crippen molar-refractivity contribution < 1.29 is 19.2 Å². The molecule has 1 aromatic rings. The van der Waals surface area contributed by atoms with Gasteiger partial charge in [0.15, 0.2) is 0 Å². The van der Waals surface area contributed by atoms with E-state index in [-0.39, 0.29) is 18.5 Å². The first-order valence-electron chi connectivity index (χ1n) is 8.44. The van der Waals surface area contributed by atoms with E-state index in [0.29, 0.717) is 35.0 Å². The summed E-state index contributed by atoms with van der Waals surface area (Å²) in [7, 11) is 0. The number of benzene rings is 1. The van der Waals surface area contributed by atoms with Crippen molar-refractivity contribution in [3.05, 3.63) is 33.7 Å². The van der Waals surface area contributed by atoms with Gasteiger partial charge < -0.3 is 21.3 Å². The Morgan fingerprint density at radius 1 is 1.39 bits per heavy atom. The van der Waals surface area contributed by atoms with Crippen molar-refractivity contribution in [1.29, 1.82) is 0 Å². The lowest BCUT2D eigenvalue weighted by molar-refractivity contribution is -0.120. The molecule has 0 bridgehead atoms. The van der Waals surface area contributed by atoms with Crippen LogP contribution in [0.1, 0.15) is 12.0 Å². The van der Waals surface area contributed by atoms with Gasteiger partial charge in [-0.3, -0.25) is 19.7 Å². The van der Waals surface area contributed by atoms with Crippen LogP contribution in [0.25, 0.3) is 6.08 Å². The lowest BCUT2D eigenvalue weighted by Crippen LogP contribution is -2.44. The van der Waals surface area contributed by atoms with E-state index in [1.54, 1.807) is 18.2 Å². The number of imide groups is 1. The zero-order valence-electron chi connectivity index (χ0n) is 14.7. The maximum absolute atomic E-state index is 11.9. The molecule has 0 aliphatic carbocycles. The normalized spacial score (nSPS) is 20.4. The van der Waals surface area contributed by atoms with Crippen molar-refractivity contribution in [2.24, 2.45) is 5.73 Å². The first kappa shape index (κ1) is 20.0. The minimum atomic E-state index is -0.760. The Labute approximate surface area is 170 Å². The number of thioether (sulfide) groups is 1. The number of carbonyl (C=O) groups excluding carboxylic acids is 4. The monoisotopic (exact) mass is 423 g/mol. The van der Waals surface area contributed by atoms with Crippen molar-refractivity contribution in [2.75, 3.05) is 24.5 Å². The van der Waals surface area contributed by atoms with Gasteiger partial charge in [0.2, 0.25) is 5.91 Å². The van der Waals surface area contributed by atoms with Gasteiger partial charge in [0.25, 0.3) is 11.1 Å². The number of hydrogen-bond acceptors (Lipinski definition) is 6. The van der Waals surface area contributed by atoms with Gasteiger partial charge in [-0.15, -0.1) is 0 Å². The van der Waals surface area contributed by atoms with E-state index in [2.05, 4.69) is 16.0 Å². The third kappa shape index (κ3) is 4.76.